The number of amides is 1. The molecule has 0 aliphatic carbocycles. The van der Waals surface area contributed by atoms with E-state index >= 15 is 0 Å². The van der Waals surface area contributed by atoms with Gasteiger partial charge in [-0.1, -0.05) is 41.9 Å². The lowest BCUT2D eigenvalue weighted by atomic mass is 10.1. The van der Waals surface area contributed by atoms with Gasteiger partial charge in [0.05, 0.1) is 11.1 Å². The molecule has 0 saturated carbocycles. The molecule has 2 rings (SSSR count). The Hall–Kier alpha value is -1.32. The van der Waals surface area contributed by atoms with Gasteiger partial charge in [-0.25, -0.2) is 0 Å². The van der Waals surface area contributed by atoms with Gasteiger partial charge in [0.1, 0.15) is 0 Å². The molecule has 1 amide bonds. The van der Waals surface area contributed by atoms with E-state index in [1.807, 2.05) is 44.3 Å². The molecule has 0 aliphatic rings. The van der Waals surface area contributed by atoms with Crippen molar-refractivity contribution in [1.82, 2.24) is 4.90 Å². The first-order chi connectivity index (χ1) is 9.50. The lowest BCUT2D eigenvalue weighted by Crippen LogP contribution is -2.29. The van der Waals surface area contributed by atoms with E-state index in [9.17, 15) is 4.79 Å². The molecule has 2 aromatic carbocycles. The zero-order valence-corrected chi connectivity index (χ0v) is 13.6. The molecule has 0 bridgehead atoms. The predicted octanol–water partition coefficient (Wildman–Crippen LogP) is 4.94. The standard InChI is InChI=1S/C16H15BrClNO/c1-11(12-6-4-3-5-7-12)19(2)16(20)13-8-9-15(18)14(17)10-13/h3-11H,1-2H3. The van der Waals surface area contributed by atoms with Crippen LogP contribution in [-0.4, -0.2) is 17.9 Å². The second kappa shape index (κ2) is 6.42. The Morgan fingerprint density at radius 3 is 2.45 bits per heavy atom. The SMILES string of the molecule is CC(c1ccccc1)N(C)C(=O)c1ccc(Cl)c(Br)c1. The van der Waals surface area contributed by atoms with Crippen LogP contribution in [0.2, 0.25) is 5.02 Å². The zero-order chi connectivity index (χ0) is 14.7. The van der Waals surface area contributed by atoms with Crippen LogP contribution in [0.5, 0.6) is 0 Å². The number of rotatable bonds is 3. The summed E-state index contributed by atoms with van der Waals surface area (Å²) < 4.78 is 0.728. The molecule has 0 N–H and O–H groups in total. The lowest BCUT2D eigenvalue weighted by molar-refractivity contribution is 0.0742. The van der Waals surface area contributed by atoms with Crippen LogP contribution in [0.4, 0.5) is 0 Å². The summed E-state index contributed by atoms with van der Waals surface area (Å²) in [5.41, 5.74) is 1.72. The van der Waals surface area contributed by atoms with Crippen molar-refractivity contribution < 1.29 is 4.79 Å². The molecule has 0 aliphatic heterocycles. The highest BCUT2D eigenvalue weighted by molar-refractivity contribution is 9.10. The quantitative estimate of drug-likeness (QED) is 0.766. The van der Waals surface area contributed by atoms with Crippen molar-refractivity contribution in [2.75, 3.05) is 7.05 Å². The fraction of sp³-hybridized carbons (Fsp3) is 0.188. The van der Waals surface area contributed by atoms with Crippen molar-refractivity contribution >= 4 is 33.4 Å². The van der Waals surface area contributed by atoms with Crippen LogP contribution in [0.15, 0.2) is 53.0 Å². The van der Waals surface area contributed by atoms with Crippen molar-refractivity contribution in [3.63, 3.8) is 0 Å². The Morgan fingerprint density at radius 2 is 1.85 bits per heavy atom. The zero-order valence-electron chi connectivity index (χ0n) is 11.3. The molecule has 2 aromatic rings. The van der Waals surface area contributed by atoms with Gasteiger partial charge in [0.15, 0.2) is 0 Å². The van der Waals surface area contributed by atoms with E-state index in [0.717, 1.165) is 10.0 Å². The average molecular weight is 353 g/mol. The Bertz CT molecular complexity index is 615. The van der Waals surface area contributed by atoms with Crippen molar-refractivity contribution in [1.29, 1.82) is 0 Å². The highest BCUT2D eigenvalue weighted by atomic mass is 79.9. The highest BCUT2D eigenvalue weighted by Crippen LogP contribution is 2.25. The van der Waals surface area contributed by atoms with Crippen LogP contribution in [0.1, 0.15) is 28.9 Å². The van der Waals surface area contributed by atoms with Crippen molar-refractivity contribution in [2.24, 2.45) is 0 Å². The molecule has 0 heterocycles. The monoisotopic (exact) mass is 351 g/mol. The second-order valence-electron chi connectivity index (χ2n) is 4.63. The van der Waals surface area contributed by atoms with Gasteiger partial charge in [0.25, 0.3) is 5.91 Å². The van der Waals surface area contributed by atoms with Crippen LogP contribution < -0.4 is 0 Å². The average Bonchev–Trinajstić information content (AvgIpc) is 2.48. The van der Waals surface area contributed by atoms with Crippen LogP contribution in [-0.2, 0) is 0 Å². The number of halogens is 2. The van der Waals surface area contributed by atoms with Crippen molar-refractivity contribution in [3.8, 4) is 0 Å². The summed E-state index contributed by atoms with van der Waals surface area (Å²) in [7, 11) is 1.81. The van der Waals surface area contributed by atoms with E-state index in [1.54, 1.807) is 23.1 Å². The molecule has 0 aromatic heterocycles. The first-order valence-electron chi connectivity index (χ1n) is 6.28. The molecule has 104 valence electrons. The summed E-state index contributed by atoms with van der Waals surface area (Å²) in [6.07, 6.45) is 0. The maximum atomic E-state index is 12.5. The molecule has 20 heavy (non-hydrogen) atoms. The molecule has 1 atom stereocenters. The topological polar surface area (TPSA) is 20.3 Å². The molecule has 2 nitrogen and oxygen atoms in total. The Balaban J connectivity index is 2.22. The predicted molar refractivity (Wildman–Crippen MR) is 86.1 cm³/mol. The number of hydrogen-bond acceptors (Lipinski definition) is 1. The van der Waals surface area contributed by atoms with Gasteiger partial charge in [0.2, 0.25) is 0 Å². The summed E-state index contributed by atoms with van der Waals surface area (Å²) in [6, 6.07) is 15.2. The van der Waals surface area contributed by atoms with E-state index in [4.69, 9.17) is 11.6 Å². The number of hydrogen-bond donors (Lipinski definition) is 0. The first kappa shape index (κ1) is 15.1. The van der Waals surface area contributed by atoms with Gasteiger partial charge in [0, 0.05) is 17.1 Å². The Labute approximate surface area is 132 Å². The molecule has 1 unspecified atom stereocenters. The Kier molecular flexibility index (Phi) is 4.84. The van der Waals surface area contributed by atoms with Gasteiger partial charge >= 0.3 is 0 Å². The molecule has 0 saturated heterocycles. The molecule has 0 spiro atoms. The van der Waals surface area contributed by atoms with E-state index in [-0.39, 0.29) is 11.9 Å². The van der Waals surface area contributed by atoms with Crippen molar-refractivity contribution in [2.45, 2.75) is 13.0 Å². The minimum Gasteiger partial charge on any atom is -0.335 e. The van der Waals surface area contributed by atoms with E-state index in [0.29, 0.717) is 10.6 Å². The Morgan fingerprint density at radius 1 is 1.20 bits per heavy atom. The summed E-state index contributed by atoms with van der Waals surface area (Å²) in [4.78, 5) is 14.2. The van der Waals surface area contributed by atoms with Gasteiger partial charge in [-0.3, -0.25) is 4.79 Å². The third-order valence-corrected chi connectivity index (χ3v) is 4.56. The summed E-state index contributed by atoms with van der Waals surface area (Å²) in [5.74, 6) is -0.0290. The van der Waals surface area contributed by atoms with Crippen LogP contribution in [0.3, 0.4) is 0 Å². The highest BCUT2D eigenvalue weighted by Gasteiger charge is 2.19. The summed E-state index contributed by atoms with van der Waals surface area (Å²) in [5, 5.41) is 0.598. The van der Waals surface area contributed by atoms with Gasteiger partial charge < -0.3 is 4.90 Å². The molecular formula is C16H15BrClNO. The number of benzene rings is 2. The maximum absolute atomic E-state index is 12.5. The molecular weight excluding hydrogens is 338 g/mol. The van der Waals surface area contributed by atoms with E-state index in [1.165, 1.54) is 0 Å². The fourth-order valence-corrected chi connectivity index (χ4v) is 2.46. The summed E-state index contributed by atoms with van der Waals surface area (Å²) in [6.45, 7) is 2.01. The maximum Gasteiger partial charge on any atom is 0.254 e. The van der Waals surface area contributed by atoms with Gasteiger partial charge in [-0.15, -0.1) is 0 Å². The van der Waals surface area contributed by atoms with Gasteiger partial charge in [-0.05, 0) is 46.6 Å². The molecule has 0 radical (unpaired) electrons. The number of carbonyl (C=O) groups is 1. The summed E-state index contributed by atoms with van der Waals surface area (Å²) >= 11 is 9.29. The van der Waals surface area contributed by atoms with E-state index in [2.05, 4.69) is 15.9 Å². The molecule has 4 heteroatoms. The van der Waals surface area contributed by atoms with Crippen LogP contribution in [0.25, 0.3) is 0 Å². The minimum absolute atomic E-state index is 0.0122. The fourth-order valence-electron chi connectivity index (χ4n) is 1.96. The number of nitrogens with zero attached hydrogens (tertiary/aromatic N) is 1. The van der Waals surface area contributed by atoms with E-state index < -0.39 is 0 Å². The smallest absolute Gasteiger partial charge is 0.254 e. The molecule has 0 fully saturated rings. The minimum atomic E-state index is -0.0290. The van der Waals surface area contributed by atoms with Gasteiger partial charge in [-0.2, -0.15) is 0 Å². The second-order valence-corrected chi connectivity index (χ2v) is 5.89. The third-order valence-electron chi connectivity index (χ3n) is 3.35. The van der Waals surface area contributed by atoms with Crippen LogP contribution in [0, 0.1) is 0 Å². The number of carbonyl (C=O) groups excluding carboxylic acids is 1. The largest absolute Gasteiger partial charge is 0.335 e. The lowest BCUT2D eigenvalue weighted by Gasteiger charge is -2.25. The van der Waals surface area contributed by atoms with Crippen LogP contribution >= 0.6 is 27.5 Å². The first-order valence-corrected chi connectivity index (χ1v) is 7.45. The normalized spacial score (nSPS) is 12.0. The third kappa shape index (κ3) is 3.22. The van der Waals surface area contributed by atoms with Crippen molar-refractivity contribution in [3.05, 3.63) is 69.2 Å².